The van der Waals surface area contributed by atoms with Crippen LogP contribution in [0, 0.1) is 11.7 Å². The maximum Gasteiger partial charge on any atom is 0.168 e. The van der Waals surface area contributed by atoms with Gasteiger partial charge in [-0.05, 0) is 57.2 Å². The zero-order valence-corrected chi connectivity index (χ0v) is 16.4. The van der Waals surface area contributed by atoms with E-state index in [0.29, 0.717) is 18.3 Å². The molecule has 148 valence electrons. The number of ether oxygens (including phenoxy) is 2. The van der Waals surface area contributed by atoms with E-state index in [2.05, 4.69) is 4.99 Å². The van der Waals surface area contributed by atoms with Gasteiger partial charge in [-0.3, -0.25) is 4.99 Å². The fraction of sp³-hybridized carbons (Fsp3) is 0.632. The Kier molecular flexibility index (Phi) is 4.27. The lowest BCUT2D eigenvalue weighted by Gasteiger charge is -2.47. The van der Waals surface area contributed by atoms with Crippen molar-refractivity contribution < 1.29 is 22.3 Å². The third-order valence-corrected chi connectivity index (χ3v) is 9.00. The van der Waals surface area contributed by atoms with Crippen molar-refractivity contribution in [1.82, 2.24) is 0 Å². The van der Waals surface area contributed by atoms with Crippen LogP contribution >= 0.6 is 0 Å². The maximum absolute atomic E-state index is 14.9. The number of hydrogen-bond acceptors (Lipinski definition) is 6. The van der Waals surface area contributed by atoms with Crippen molar-refractivity contribution in [2.75, 3.05) is 19.8 Å². The maximum atomic E-state index is 14.9. The Labute approximate surface area is 158 Å². The monoisotopic (exact) mass is 396 g/mol. The number of fused-ring (bicyclic) bond motifs is 1. The van der Waals surface area contributed by atoms with Gasteiger partial charge in [-0.1, -0.05) is 0 Å². The smallest absolute Gasteiger partial charge is 0.168 e. The van der Waals surface area contributed by atoms with Gasteiger partial charge in [-0.25, -0.2) is 12.8 Å². The second-order valence-electron chi connectivity index (χ2n) is 8.20. The minimum absolute atomic E-state index is 0.0204. The summed E-state index contributed by atoms with van der Waals surface area (Å²) < 4.78 is 51.6. The van der Waals surface area contributed by atoms with Gasteiger partial charge in [0, 0.05) is 12.2 Å². The largest absolute Gasteiger partial charge is 0.493 e. The molecule has 1 saturated carbocycles. The van der Waals surface area contributed by atoms with Crippen LogP contribution in [0.15, 0.2) is 23.2 Å². The van der Waals surface area contributed by atoms with Crippen molar-refractivity contribution in [1.29, 1.82) is 0 Å². The molecule has 1 aromatic rings. The number of sulfone groups is 1. The van der Waals surface area contributed by atoms with Gasteiger partial charge >= 0.3 is 0 Å². The Morgan fingerprint density at radius 2 is 2.07 bits per heavy atom. The van der Waals surface area contributed by atoms with Gasteiger partial charge in [0.25, 0.3) is 0 Å². The van der Waals surface area contributed by atoms with Gasteiger partial charge in [0.05, 0.1) is 18.5 Å². The predicted octanol–water partition coefficient (Wildman–Crippen LogP) is 2.16. The summed E-state index contributed by atoms with van der Waals surface area (Å²) in [5.74, 6) is 0.503. The number of halogens is 1. The van der Waals surface area contributed by atoms with Gasteiger partial charge < -0.3 is 15.2 Å². The highest BCUT2D eigenvalue weighted by Crippen LogP contribution is 2.47. The van der Waals surface area contributed by atoms with E-state index in [1.54, 1.807) is 26.0 Å². The van der Waals surface area contributed by atoms with E-state index in [1.807, 2.05) is 0 Å². The third-order valence-electron chi connectivity index (χ3n) is 5.99. The number of nitrogens with two attached hydrogens (primary N) is 1. The molecule has 8 heteroatoms. The molecule has 0 amide bonds. The van der Waals surface area contributed by atoms with Crippen molar-refractivity contribution in [2.24, 2.45) is 16.6 Å². The molecule has 2 fully saturated rings. The van der Waals surface area contributed by atoms with E-state index in [9.17, 15) is 12.8 Å². The van der Waals surface area contributed by atoms with Crippen LogP contribution in [-0.2, 0) is 20.1 Å². The second-order valence-corrected chi connectivity index (χ2v) is 10.9. The molecule has 0 radical (unpaired) electrons. The molecule has 0 unspecified atom stereocenters. The Morgan fingerprint density at radius 1 is 1.33 bits per heavy atom. The zero-order chi connectivity index (χ0) is 19.4. The molecule has 0 bridgehead atoms. The molecule has 2 N–H and O–H groups in total. The molecular formula is C19H25FN2O4S. The lowest BCUT2D eigenvalue weighted by atomic mass is 9.83. The minimum Gasteiger partial charge on any atom is -0.493 e. The van der Waals surface area contributed by atoms with Crippen LogP contribution < -0.4 is 10.5 Å². The minimum atomic E-state index is -3.71. The molecule has 1 aromatic carbocycles. The molecule has 3 aliphatic rings. The first-order chi connectivity index (χ1) is 12.7. The highest BCUT2D eigenvalue weighted by molar-refractivity contribution is 7.94. The van der Waals surface area contributed by atoms with Crippen LogP contribution in [0.4, 0.5) is 4.39 Å². The lowest BCUT2D eigenvalue weighted by Crippen LogP contribution is -2.63. The van der Waals surface area contributed by atoms with Crippen LogP contribution in [0.25, 0.3) is 0 Å². The van der Waals surface area contributed by atoms with Crippen molar-refractivity contribution in [3.63, 3.8) is 0 Å². The van der Waals surface area contributed by atoms with E-state index < -0.39 is 31.2 Å². The summed E-state index contributed by atoms with van der Waals surface area (Å²) >= 11 is 0. The predicted molar refractivity (Wildman–Crippen MR) is 100 cm³/mol. The SMILES string of the molecule is CC1(C)C(N)=N[C@@]2(c3cc(OCC4CC4)ccc3F)COCC[C@H]2S1(=O)=O. The fourth-order valence-electron chi connectivity index (χ4n) is 3.85. The lowest BCUT2D eigenvalue weighted by molar-refractivity contribution is 0.0371. The Hall–Kier alpha value is -1.67. The normalized spacial score (nSPS) is 31.7. The molecule has 6 nitrogen and oxygen atoms in total. The van der Waals surface area contributed by atoms with Gasteiger partial charge in [0.1, 0.15) is 27.7 Å². The fourth-order valence-corrected chi connectivity index (χ4v) is 6.07. The molecular weight excluding hydrogens is 371 g/mol. The standard InChI is InChI=1S/C19H25FN2O4S/c1-18(2)17(21)22-19(11-25-8-7-16(19)27(18,23)24)14-9-13(5-6-15(14)20)26-10-12-3-4-12/h5-6,9,12,16H,3-4,7-8,10-11H2,1-2H3,(H2,21,22)/t16-,19-/m1/s1. The van der Waals surface area contributed by atoms with Crippen molar-refractivity contribution in [2.45, 2.75) is 48.6 Å². The first-order valence-corrected chi connectivity index (χ1v) is 10.8. The number of nitrogens with zero attached hydrogens (tertiary/aromatic N) is 1. The number of amidine groups is 1. The number of benzene rings is 1. The van der Waals surface area contributed by atoms with Crippen molar-refractivity contribution in [3.8, 4) is 5.75 Å². The summed E-state index contributed by atoms with van der Waals surface area (Å²) in [4.78, 5) is 4.56. The number of rotatable bonds is 4. The average molecular weight is 396 g/mol. The topological polar surface area (TPSA) is 91.0 Å². The second kappa shape index (κ2) is 6.17. The zero-order valence-electron chi connectivity index (χ0n) is 15.6. The molecule has 1 saturated heterocycles. The quantitative estimate of drug-likeness (QED) is 0.842. The van der Waals surface area contributed by atoms with Crippen LogP contribution in [-0.4, -0.2) is 44.1 Å². The van der Waals surface area contributed by atoms with E-state index in [-0.39, 0.29) is 31.0 Å². The van der Waals surface area contributed by atoms with Crippen molar-refractivity contribution in [3.05, 3.63) is 29.6 Å². The average Bonchev–Trinajstić information content (AvgIpc) is 3.44. The molecule has 0 spiro atoms. The molecule has 1 aliphatic carbocycles. The molecule has 2 atom stereocenters. The highest BCUT2D eigenvalue weighted by Gasteiger charge is 2.60. The summed E-state index contributed by atoms with van der Waals surface area (Å²) in [5, 5.41) is -0.894. The van der Waals surface area contributed by atoms with Crippen LogP contribution in [0.2, 0.25) is 0 Å². The molecule has 27 heavy (non-hydrogen) atoms. The molecule has 2 heterocycles. The molecule has 2 aliphatic heterocycles. The van der Waals surface area contributed by atoms with E-state index in [0.717, 1.165) is 12.8 Å². The Bertz CT molecular complexity index is 895. The highest BCUT2D eigenvalue weighted by atomic mass is 32.2. The molecule has 4 rings (SSSR count). The van der Waals surface area contributed by atoms with Crippen LogP contribution in [0.5, 0.6) is 5.75 Å². The van der Waals surface area contributed by atoms with E-state index in [1.165, 1.54) is 6.07 Å². The van der Waals surface area contributed by atoms with Crippen LogP contribution in [0.1, 0.15) is 38.7 Å². The number of aliphatic imine (C=N–C) groups is 1. The molecule has 0 aromatic heterocycles. The van der Waals surface area contributed by atoms with E-state index in [4.69, 9.17) is 15.2 Å². The number of hydrogen-bond donors (Lipinski definition) is 1. The first-order valence-electron chi connectivity index (χ1n) is 9.28. The summed E-state index contributed by atoms with van der Waals surface area (Å²) in [6.07, 6.45) is 2.53. The van der Waals surface area contributed by atoms with Gasteiger partial charge in [0.15, 0.2) is 9.84 Å². The van der Waals surface area contributed by atoms with Gasteiger partial charge in [-0.15, -0.1) is 0 Å². The van der Waals surface area contributed by atoms with Gasteiger partial charge in [0.2, 0.25) is 0 Å². The third kappa shape index (κ3) is 2.84. The summed E-state index contributed by atoms with van der Waals surface area (Å²) in [5.41, 5.74) is 4.85. The van der Waals surface area contributed by atoms with Crippen LogP contribution in [0.3, 0.4) is 0 Å². The Balaban J connectivity index is 1.84. The first kappa shape index (κ1) is 18.7. The summed E-state index contributed by atoms with van der Waals surface area (Å²) in [7, 11) is -3.71. The van der Waals surface area contributed by atoms with E-state index >= 15 is 0 Å². The summed E-state index contributed by atoms with van der Waals surface area (Å²) in [6, 6.07) is 4.42. The Morgan fingerprint density at radius 3 is 2.78 bits per heavy atom. The van der Waals surface area contributed by atoms with Gasteiger partial charge in [-0.2, -0.15) is 0 Å². The summed E-state index contributed by atoms with van der Waals surface area (Å²) in [6.45, 7) is 3.93. The van der Waals surface area contributed by atoms with Crippen molar-refractivity contribution >= 4 is 15.7 Å².